The second-order valence-corrected chi connectivity index (χ2v) is 3.58. The Bertz CT molecular complexity index is 490. The molecule has 0 aromatic heterocycles. The molecule has 1 rings (SSSR count). The molecule has 0 aliphatic heterocycles. The van der Waals surface area contributed by atoms with E-state index in [0.29, 0.717) is 0 Å². The van der Waals surface area contributed by atoms with Crippen molar-refractivity contribution in [3.8, 4) is 5.75 Å². The molecule has 0 bridgehead atoms. The van der Waals surface area contributed by atoms with Crippen molar-refractivity contribution in [2.75, 3.05) is 6.61 Å². The number of hydrogen-bond donors (Lipinski definition) is 0. The maximum Gasteiger partial charge on any atom is 0.338 e. The molecule has 0 amide bonds. The Morgan fingerprint density at radius 1 is 1.17 bits per heavy atom. The number of rotatable bonds is 4. The van der Waals surface area contributed by atoms with Crippen molar-refractivity contribution in [3.05, 3.63) is 29.3 Å². The van der Waals surface area contributed by atoms with Gasteiger partial charge in [-0.2, -0.15) is 0 Å². The zero-order valence-corrected chi connectivity index (χ0v) is 10.5. The molecular formula is C13H14O5. The van der Waals surface area contributed by atoms with Gasteiger partial charge in [0.05, 0.1) is 17.7 Å². The van der Waals surface area contributed by atoms with Crippen molar-refractivity contribution >= 4 is 17.7 Å². The first-order chi connectivity index (χ1) is 8.45. The van der Waals surface area contributed by atoms with E-state index in [-0.39, 0.29) is 29.3 Å². The molecule has 1 aromatic rings. The minimum Gasteiger partial charge on any atom is -0.462 e. The van der Waals surface area contributed by atoms with Crippen LogP contribution in [-0.4, -0.2) is 24.3 Å². The summed E-state index contributed by atoms with van der Waals surface area (Å²) >= 11 is 0. The van der Waals surface area contributed by atoms with E-state index in [2.05, 4.69) is 0 Å². The fourth-order valence-corrected chi connectivity index (χ4v) is 1.39. The highest BCUT2D eigenvalue weighted by molar-refractivity contribution is 6.00. The summed E-state index contributed by atoms with van der Waals surface area (Å²) in [6, 6.07) is 4.21. The molecular weight excluding hydrogens is 236 g/mol. The van der Waals surface area contributed by atoms with Gasteiger partial charge in [-0.05, 0) is 32.0 Å². The molecule has 0 saturated heterocycles. The summed E-state index contributed by atoms with van der Waals surface area (Å²) in [4.78, 5) is 33.8. The maximum atomic E-state index is 11.5. The van der Waals surface area contributed by atoms with Gasteiger partial charge in [-0.15, -0.1) is 0 Å². The molecule has 0 radical (unpaired) electrons. The van der Waals surface area contributed by atoms with E-state index < -0.39 is 11.9 Å². The summed E-state index contributed by atoms with van der Waals surface area (Å²) < 4.78 is 9.72. The number of ketones is 1. The number of hydrogen-bond acceptors (Lipinski definition) is 5. The molecule has 0 spiro atoms. The van der Waals surface area contributed by atoms with Crippen LogP contribution in [0.15, 0.2) is 18.2 Å². The van der Waals surface area contributed by atoms with Crippen LogP contribution in [0.2, 0.25) is 0 Å². The molecule has 1 aromatic carbocycles. The van der Waals surface area contributed by atoms with Crippen LogP contribution in [0.1, 0.15) is 41.5 Å². The van der Waals surface area contributed by atoms with Crippen molar-refractivity contribution in [2.45, 2.75) is 20.8 Å². The summed E-state index contributed by atoms with van der Waals surface area (Å²) in [6.07, 6.45) is 0. The van der Waals surface area contributed by atoms with E-state index in [9.17, 15) is 14.4 Å². The Hall–Kier alpha value is -2.17. The van der Waals surface area contributed by atoms with Gasteiger partial charge >= 0.3 is 11.9 Å². The largest absolute Gasteiger partial charge is 0.462 e. The fourth-order valence-electron chi connectivity index (χ4n) is 1.39. The molecule has 0 fully saturated rings. The Morgan fingerprint density at radius 3 is 2.33 bits per heavy atom. The minimum absolute atomic E-state index is 0.142. The van der Waals surface area contributed by atoms with Crippen LogP contribution in [0.3, 0.4) is 0 Å². The molecule has 96 valence electrons. The van der Waals surface area contributed by atoms with Gasteiger partial charge in [-0.3, -0.25) is 9.59 Å². The standard InChI is InChI=1S/C13H14O5/c1-4-17-13(16)10-5-6-12(18-9(3)15)11(7-10)8(2)14/h5-7H,4H2,1-3H3. The quantitative estimate of drug-likeness (QED) is 0.464. The van der Waals surface area contributed by atoms with Crippen LogP contribution in [-0.2, 0) is 9.53 Å². The maximum absolute atomic E-state index is 11.5. The van der Waals surface area contributed by atoms with E-state index in [1.54, 1.807) is 6.92 Å². The van der Waals surface area contributed by atoms with E-state index in [1.165, 1.54) is 32.0 Å². The lowest BCUT2D eigenvalue weighted by Gasteiger charge is -2.08. The third-order valence-electron chi connectivity index (χ3n) is 2.12. The number of esters is 2. The van der Waals surface area contributed by atoms with Gasteiger partial charge in [0.1, 0.15) is 5.75 Å². The molecule has 5 heteroatoms. The zero-order chi connectivity index (χ0) is 13.7. The number of carbonyl (C=O) groups excluding carboxylic acids is 3. The van der Waals surface area contributed by atoms with Gasteiger partial charge < -0.3 is 9.47 Å². The van der Waals surface area contributed by atoms with Crippen LogP contribution in [0.5, 0.6) is 5.75 Å². The molecule has 18 heavy (non-hydrogen) atoms. The Balaban J connectivity index is 3.14. The minimum atomic E-state index is -0.526. The molecule has 0 N–H and O–H groups in total. The van der Waals surface area contributed by atoms with Gasteiger partial charge in [0.25, 0.3) is 0 Å². The highest BCUT2D eigenvalue weighted by Crippen LogP contribution is 2.21. The average Bonchev–Trinajstić information content (AvgIpc) is 2.28. The van der Waals surface area contributed by atoms with Crippen LogP contribution in [0, 0.1) is 0 Å². The summed E-state index contributed by atoms with van der Waals surface area (Å²) in [5, 5.41) is 0. The van der Waals surface area contributed by atoms with Crippen LogP contribution < -0.4 is 4.74 Å². The molecule has 5 nitrogen and oxygen atoms in total. The van der Waals surface area contributed by atoms with Crippen molar-refractivity contribution in [2.24, 2.45) is 0 Å². The summed E-state index contributed by atoms with van der Waals surface area (Å²) in [5.74, 6) is -1.20. The van der Waals surface area contributed by atoms with E-state index in [1.807, 2.05) is 0 Å². The van der Waals surface area contributed by atoms with Gasteiger partial charge in [0.2, 0.25) is 0 Å². The third kappa shape index (κ3) is 3.41. The lowest BCUT2D eigenvalue weighted by atomic mass is 10.1. The number of Topliss-reactive ketones (excluding diaryl/α,β-unsaturated/α-hetero) is 1. The Labute approximate surface area is 105 Å². The first-order valence-electron chi connectivity index (χ1n) is 5.46. The van der Waals surface area contributed by atoms with Crippen molar-refractivity contribution in [1.29, 1.82) is 0 Å². The highest BCUT2D eigenvalue weighted by atomic mass is 16.5. The lowest BCUT2D eigenvalue weighted by Crippen LogP contribution is -2.09. The van der Waals surface area contributed by atoms with Gasteiger partial charge in [-0.25, -0.2) is 4.79 Å². The van der Waals surface area contributed by atoms with Crippen LogP contribution in [0.4, 0.5) is 0 Å². The lowest BCUT2D eigenvalue weighted by molar-refractivity contribution is -0.131. The topological polar surface area (TPSA) is 69.7 Å². The smallest absolute Gasteiger partial charge is 0.338 e. The first kappa shape index (κ1) is 13.9. The SMILES string of the molecule is CCOC(=O)c1ccc(OC(C)=O)c(C(C)=O)c1. The van der Waals surface area contributed by atoms with Crippen molar-refractivity contribution in [1.82, 2.24) is 0 Å². The first-order valence-corrected chi connectivity index (χ1v) is 5.46. The van der Waals surface area contributed by atoms with Crippen LogP contribution in [0.25, 0.3) is 0 Å². The van der Waals surface area contributed by atoms with Gasteiger partial charge in [-0.1, -0.05) is 0 Å². The van der Waals surface area contributed by atoms with Crippen molar-refractivity contribution < 1.29 is 23.9 Å². The normalized spacial score (nSPS) is 9.72. The molecule has 0 aliphatic rings. The second kappa shape index (κ2) is 5.95. The van der Waals surface area contributed by atoms with E-state index in [4.69, 9.17) is 9.47 Å². The summed E-state index contributed by atoms with van der Waals surface area (Å²) in [5.41, 5.74) is 0.425. The molecule has 0 atom stereocenters. The number of benzene rings is 1. The second-order valence-electron chi connectivity index (χ2n) is 3.58. The summed E-state index contributed by atoms with van der Waals surface area (Å²) in [7, 11) is 0. The van der Waals surface area contributed by atoms with Crippen LogP contribution >= 0.6 is 0 Å². The number of carbonyl (C=O) groups is 3. The molecule has 0 heterocycles. The highest BCUT2D eigenvalue weighted by Gasteiger charge is 2.15. The predicted molar refractivity (Wildman–Crippen MR) is 63.7 cm³/mol. The molecule has 0 unspecified atom stereocenters. The molecule has 0 saturated carbocycles. The summed E-state index contributed by atoms with van der Waals surface area (Å²) in [6.45, 7) is 4.51. The van der Waals surface area contributed by atoms with E-state index in [0.717, 1.165) is 0 Å². The average molecular weight is 250 g/mol. The monoisotopic (exact) mass is 250 g/mol. The van der Waals surface area contributed by atoms with Gasteiger partial charge in [0, 0.05) is 6.92 Å². The van der Waals surface area contributed by atoms with Gasteiger partial charge in [0.15, 0.2) is 5.78 Å². The van der Waals surface area contributed by atoms with E-state index >= 15 is 0 Å². The predicted octanol–water partition coefficient (Wildman–Crippen LogP) is 1.99. The number of ether oxygens (including phenoxy) is 2. The van der Waals surface area contributed by atoms with Crippen molar-refractivity contribution in [3.63, 3.8) is 0 Å². The Kier molecular flexibility index (Phi) is 4.59. The molecule has 0 aliphatic carbocycles. The fraction of sp³-hybridized carbons (Fsp3) is 0.308. The zero-order valence-electron chi connectivity index (χ0n) is 10.5. The third-order valence-corrected chi connectivity index (χ3v) is 2.12. The Morgan fingerprint density at radius 2 is 1.83 bits per heavy atom.